The van der Waals surface area contributed by atoms with E-state index in [1.807, 2.05) is 26.8 Å². The number of carbonyl (C=O) groups is 1. The van der Waals surface area contributed by atoms with Crippen molar-refractivity contribution >= 4 is 38.7 Å². The van der Waals surface area contributed by atoms with Crippen molar-refractivity contribution in [2.45, 2.75) is 44.7 Å². The lowest BCUT2D eigenvalue weighted by molar-refractivity contribution is -0.119. The van der Waals surface area contributed by atoms with Crippen LogP contribution in [0.5, 0.6) is 0 Å². The summed E-state index contributed by atoms with van der Waals surface area (Å²) in [6, 6.07) is 7.77. The summed E-state index contributed by atoms with van der Waals surface area (Å²) in [5.41, 5.74) is 6.78. The summed E-state index contributed by atoms with van der Waals surface area (Å²) in [7, 11) is -4.02. The number of carbonyl (C=O) groups excluding carboxylic acids is 1. The van der Waals surface area contributed by atoms with E-state index in [2.05, 4.69) is 5.16 Å². The van der Waals surface area contributed by atoms with Crippen LogP contribution in [0.2, 0.25) is 5.02 Å². The van der Waals surface area contributed by atoms with Gasteiger partial charge in [-0.2, -0.15) is 0 Å². The maximum absolute atomic E-state index is 15.2. The summed E-state index contributed by atoms with van der Waals surface area (Å²) >= 11 is 5.96. The molecule has 0 saturated heterocycles. The Labute approximate surface area is 202 Å². The first kappa shape index (κ1) is 24.4. The summed E-state index contributed by atoms with van der Waals surface area (Å²) in [6.45, 7) is 5.94. The largest absolute Gasteiger partial charge is 0.361 e. The second-order valence-electron chi connectivity index (χ2n) is 9.39. The van der Waals surface area contributed by atoms with Gasteiger partial charge in [0.25, 0.3) is 0 Å². The van der Waals surface area contributed by atoms with Gasteiger partial charge in [0.1, 0.15) is 11.6 Å². The summed E-state index contributed by atoms with van der Waals surface area (Å²) < 4.78 is 41.1. The van der Waals surface area contributed by atoms with Gasteiger partial charge in [-0.3, -0.25) is 4.79 Å². The third kappa shape index (κ3) is 4.73. The van der Waals surface area contributed by atoms with Crippen LogP contribution in [-0.4, -0.2) is 31.8 Å². The van der Waals surface area contributed by atoms with E-state index >= 15 is 4.39 Å². The average molecular weight is 506 g/mol. The number of oxime groups is 1. The molecule has 1 amide bonds. The molecule has 2 aliphatic heterocycles. The number of fused-ring (bicyclic) bond motifs is 1. The summed E-state index contributed by atoms with van der Waals surface area (Å²) in [6.07, 6.45) is 2.11. The number of nitrogens with two attached hydrogens (primary N) is 1. The summed E-state index contributed by atoms with van der Waals surface area (Å²) in [5.74, 6) is -1.31. The minimum Gasteiger partial charge on any atom is -0.361 e. The van der Waals surface area contributed by atoms with Gasteiger partial charge in [0.2, 0.25) is 5.91 Å². The maximum Gasteiger partial charge on any atom is 0.245 e. The highest BCUT2D eigenvalue weighted by atomic mass is 35.5. The molecule has 2 N–H and O–H groups in total. The standard InChI is InChI=1S/C24H25ClFN3O4S/c1-24(2,3)22-9-8-19(28-33-22)16-10-20-21(11-17(16)26)34(31,32)13-18(27)23(30)29(20)12-14-4-6-15(25)7-5-14/h4-7,9-11,18H,8,12-13,27H2,1-3H3/t18-/m0/s1. The maximum atomic E-state index is 15.2. The molecule has 2 aromatic rings. The Morgan fingerprint density at radius 1 is 1.24 bits per heavy atom. The molecule has 0 radical (unpaired) electrons. The summed E-state index contributed by atoms with van der Waals surface area (Å²) in [5, 5.41) is 4.61. The van der Waals surface area contributed by atoms with Gasteiger partial charge in [-0.1, -0.05) is 49.7 Å². The van der Waals surface area contributed by atoms with Crippen molar-refractivity contribution in [3.8, 4) is 0 Å². The van der Waals surface area contributed by atoms with E-state index in [4.69, 9.17) is 22.2 Å². The van der Waals surface area contributed by atoms with Gasteiger partial charge in [0, 0.05) is 22.4 Å². The van der Waals surface area contributed by atoms with E-state index < -0.39 is 33.4 Å². The van der Waals surface area contributed by atoms with Crippen LogP contribution < -0.4 is 10.6 Å². The van der Waals surface area contributed by atoms with Gasteiger partial charge < -0.3 is 15.5 Å². The Balaban J connectivity index is 1.81. The van der Waals surface area contributed by atoms with Crippen molar-refractivity contribution < 1.29 is 22.4 Å². The van der Waals surface area contributed by atoms with E-state index in [1.165, 1.54) is 11.0 Å². The number of nitrogens with zero attached hydrogens (tertiary/aromatic N) is 2. The Morgan fingerprint density at radius 3 is 2.50 bits per heavy atom. The van der Waals surface area contributed by atoms with Crippen LogP contribution in [-0.2, 0) is 26.0 Å². The molecule has 1 atom stereocenters. The Bertz CT molecular complexity index is 1310. The predicted molar refractivity (Wildman–Crippen MR) is 129 cm³/mol. The molecule has 4 rings (SSSR count). The molecule has 10 heteroatoms. The van der Waals surface area contributed by atoms with Crippen molar-refractivity contribution in [1.29, 1.82) is 0 Å². The first-order valence-corrected chi connectivity index (χ1v) is 12.7. The van der Waals surface area contributed by atoms with Crippen molar-refractivity contribution in [1.82, 2.24) is 0 Å². The Morgan fingerprint density at radius 2 is 1.91 bits per heavy atom. The second-order valence-corrected chi connectivity index (χ2v) is 11.8. The Kier molecular flexibility index (Phi) is 6.30. The van der Waals surface area contributed by atoms with E-state index in [-0.39, 0.29) is 33.8 Å². The predicted octanol–water partition coefficient (Wildman–Crippen LogP) is 4.18. The second kappa shape index (κ2) is 8.79. The van der Waals surface area contributed by atoms with Gasteiger partial charge in [-0.25, -0.2) is 12.8 Å². The molecule has 34 heavy (non-hydrogen) atoms. The van der Waals surface area contributed by atoms with Crippen molar-refractivity contribution in [2.24, 2.45) is 16.3 Å². The van der Waals surface area contributed by atoms with Crippen LogP contribution in [0, 0.1) is 11.2 Å². The van der Waals surface area contributed by atoms with Gasteiger partial charge in [-0.05, 0) is 35.9 Å². The van der Waals surface area contributed by atoms with Gasteiger partial charge >= 0.3 is 0 Å². The SMILES string of the molecule is CC(C)(C)C1=CCC(c2cc3c(cc2F)S(=O)(=O)C[C@H](N)C(=O)N3Cc2ccc(Cl)cc2)=NO1. The number of hydrogen-bond acceptors (Lipinski definition) is 6. The normalized spacial score (nSPS) is 20.1. The topological polar surface area (TPSA) is 102 Å². The molecular formula is C24H25ClFN3O4S. The molecule has 0 unspecified atom stereocenters. The third-order valence-corrected chi connectivity index (χ3v) is 7.74. The lowest BCUT2D eigenvalue weighted by Gasteiger charge is -2.26. The molecule has 0 aliphatic carbocycles. The van der Waals surface area contributed by atoms with Gasteiger partial charge in [0.05, 0.1) is 34.6 Å². The van der Waals surface area contributed by atoms with Crippen molar-refractivity contribution in [2.75, 3.05) is 10.7 Å². The number of anilines is 1. The zero-order valence-electron chi connectivity index (χ0n) is 19.0. The highest BCUT2D eigenvalue weighted by Gasteiger charge is 2.37. The molecule has 180 valence electrons. The van der Waals surface area contributed by atoms with Crippen LogP contribution in [0.3, 0.4) is 0 Å². The van der Waals surface area contributed by atoms with E-state index in [9.17, 15) is 13.2 Å². The van der Waals surface area contributed by atoms with E-state index in [0.717, 1.165) is 6.07 Å². The quantitative estimate of drug-likeness (QED) is 0.674. The molecule has 0 bridgehead atoms. The molecular weight excluding hydrogens is 481 g/mol. The molecule has 0 aromatic heterocycles. The minimum atomic E-state index is -4.02. The number of rotatable bonds is 3. The lowest BCUT2D eigenvalue weighted by atomic mass is 9.92. The highest BCUT2D eigenvalue weighted by Crippen LogP contribution is 2.36. The number of sulfone groups is 1. The van der Waals surface area contributed by atoms with E-state index in [0.29, 0.717) is 22.8 Å². The average Bonchev–Trinajstić information content (AvgIpc) is 2.83. The number of benzene rings is 2. The molecule has 0 saturated carbocycles. The van der Waals surface area contributed by atoms with Crippen molar-refractivity contribution in [3.05, 3.63) is 70.2 Å². The Hall–Kier alpha value is -2.75. The van der Waals surface area contributed by atoms with Crippen LogP contribution in [0.15, 0.2) is 58.3 Å². The highest BCUT2D eigenvalue weighted by molar-refractivity contribution is 7.91. The molecule has 0 spiro atoms. The molecule has 0 fully saturated rings. The zero-order valence-corrected chi connectivity index (χ0v) is 20.6. The molecule has 7 nitrogen and oxygen atoms in total. The smallest absolute Gasteiger partial charge is 0.245 e. The van der Waals surface area contributed by atoms with Crippen LogP contribution in [0.25, 0.3) is 0 Å². The van der Waals surface area contributed by atoms with Gasteiger partial charge in [0.15, 0.2) is 9.84 Å². The molecule has 2 aromatic carbocycles. The van der Waals surface area contributed by atoms with Crippen molar-refractivity contribution in [3.63, 3.8) is 0 Å². The van der Waals surface area contributed by atoms with Crippen LogP contribution in [0.4, 0.5) is 10.1 Å². The fourth-order valence-corrected chi connectivity index (χ4v) is 5.54. The number of amides is 1. The first-order chi connectivity index (χ1) is 15.9. The summed E-state index contributed by atoms with van der Waals surface area (Å²) in [4.78, 5) is 19.6. The molecule has 2 heterocycles. The number of allylic oxidation sites excluding steroid dienone is 2. The fourth-order valence-electron chi connectivity index (χ4n) is 3.85. The zero-order chi connectivity index (χ0) is 24.8. The van der Waals surface area contributed by atoms with Gasteiger partial charge in [-0.15, -0.1) is 0 Å². The third-order valence-electron chi connectivity index (χ3n) is 5.70. The van der Waals surface area contributed by atoms with Crippen LogP contribution in [0.1, 0.15) is 38.3 Å². The van der Waals surface area contributed by atoms with Crippen LogP contribution >= 0.6 is 11.6 Å². The number of hydrogen-bond donors (Lipinski definition) is 1. The minimum absolute atomic E-state index is 0.0361. The number of halogens is 2. The fraction of sp³-hybridized carbons (Fsp3) is 0.333. The molecule has 2 aliphatic rings. The van der Waals surface area contributed by atoms with E-state index in [1.54, 1.807) is 24.3 Å². The monoisotopic (exact) mass is 505 g/mol. The first-order valence-electron chi connectivity index (χ1n) is 10.7. The lowest BCUT2D eigenvalue weighted by Crippen LogP contribution is -2.45.